The van der Waals surface area contributed by atoms with Gasteiger partial charge in [-0.3, -0.25) is 0 Å². The summed E-state index contributed by atoms with van der Waals surface area (Å²) in [5.74, 6) is 1.92. The Hall–Kier alpha value is -6.74. The Morgan fingerprint density at radius 2 is 0.722 bits per heavy atom. The Kier molecular flexibility index (Phi) is 8.80. The molecule has 5 heteroatoms. The predicted molar refractivity (Wildman–Crippen MR) is 224 cm³/mol. The van der Waals surface area contributed by atoms with Gasteiger partial charge in [0.2, 0.25) is 0 Å². The zero-order valence-corrected chi connectivity index (χ0v) is 30.2. The third kappa shape index (κ3) is 6.34. The number of nitrogens with zero attached hydrogens (tertiary/aromatic N) is 3. The number of hydrogen-bond acceptors (Lipinski definition) is 4. The van der Waals surface area contributed by atoms with Crippen molar-refractivity contribution < 1.29 is 4.57 Å². The van der Waals surface area contributed by atoms with Crippen LogP contribution in [0.2, 0.25) is 0 Å². The highest BCUT2D eigenvalue weighted by atomic mass is 31.2. The van der Waals surface area contributed by atoms with Gasteiger partial charge < -0.3 is 4.57 Å². The highest BCUT2D eigenvalue weighted by Gasteiger charge is 2.29. The Balaban J connectivity index is 1.03. The van der Waals surface area contributed by atoms with E-state index in [-0.39, 0.29) is 0 Å². The van der Waals surface area contributed by atoms with Gasteiger partial charge >= 0.3 is 0 Å². The van der Waals surface area contributed by atoms with Crippen LogP contribution in [0.5, 0.6) is 0 Å². The molecule has 256 valence electrons. The maximum atomic E-state index is 14.9. The first-order valence-corrected chi connectivity index (χ1v) is 19.7. The van der Waals surface area contributed by atoms with Gasteiger partial charge in [-0.1, -0.05) is 200 Å². The van der Waals surface area contributed by atoms with Gasteiger partial charge in [-0.25, -0.2) is 15.0 Å². The molecular weight excluding hydrogens is 678 g/mol. The summed E-state index contributed by atoms with van der Waals surface area (Å²) < 4.78 is 14.9. The molecule has 54 heavy (non-hydrogen) atoms. The lowest BCUT2D eigenvalue weighted by molar-refractivity contribution is 0.592. The number of rotatable bonds is 8. The molecular formula is C49H34N3OP. The number of aromatic nitrogens is 3. The molecule has 0 aliphatic rings. The van der Waals surface area contributed by atoms with Crippen molar-refractivity contribution >= 4 is 33.8 Å². The van der Waals surface area contributed by atoms with Gasteiger partial charge in [0.25, 0.3) is 0 Å². The summed E-state index contributed by atoms with van der Waals surface area (Å²) in [6.07, 6.45) is 0. The minimum absolute atomic E-state index is 0.632. The second-order valence-corrected chi connectivity index (χ2v) is 16.0. The van der Waals surface area contributed by atoms with Crippen LogP contribution in [0.1, 0.15) is 0 Å². The molecule has 0 atom stereocenters. The third-order valence-electron chi connectivity index (χ3n) is 9.84. The minimum Gasteiger partial charge on any atom is -0.309 e. The SMILES string of the molecule is O=P(c1ccccc1)(c1ccccc1)c1ccc(-c2cccc3cc(-c4ccc(-c5nc(-c6ccccc6)nc(-c6ccccc6)n5)cc4)ccc23)cc1. The van der Waals surface area contributed by atoms with E-state index in [1.165, 1.54) is 0 Å². The molecule has 0 aliphatic carbocycles. The molecule has 8 aromatic carbocycles. The lowest BCUT2D eigenvalue weighted by Crippen LogP contribution is -2.24. The summed E-state index contributed by atoms with van der Waals surface area (Å²) in [6, 6.07) is 69.4. The normalized spacial score (nSPS) is 11.4. The van der Waals surface area contributed by atoms with E-state index >= 15 is 0 Å². The number of hydrogen-bond donors (Lipinski definition) is 0. The number of benzene rings is 8. The van der Waals surface area contributed by atoms with Crippen molar-refractivity contribution in [1.82, 2.24) is 15.0 Å². The zero-order valence-electron chi connectivity index (χ0n) is 29.3. The molecule has 9 rings (SSSR count). The van der Waals surface area contributed by atoms with Crippen molar-refractivity contribution in [2.24, 2.45) is 0 Å². The second-order valence-electron chi connectivity index (χ2n) is 13.2. The highest BCUT2D eigenvalue weighted by Crippen LogP contribution is 2.43. The Morgan fingerprint density at radius 3 is 1.24 bits per heavy atom. The summed E-state index contributed by atoms with van der Waals surface area (Å²) in [6.45, 7) is 0. The van der Waals surface area contributed by atoms with E-state index in [0.29, 0.717) is 17.5 Å². The molecule has 1 aromatic heterocycles. The fraction of sp³-hybridized carbons (Fsp3) is 0. The molecule has 0 bridgehead atoms. The van der Waals surface area contributed by atoms with Crippen LogP contribution >= 0.6 is 7.14 Å². The summed E-state index contributed by atoms with van der Waals surface area (Å²) in [4.78, 5) is 14.6. The Bertz CT molecular complexity index is 2650. The van der Waals surface area contributed by atoms with Crippen molar-refractivity contribution in [3.63, 3.8) is 0 Å². The van der Waals surface area contributed by atoms with Gasteiger partial charge in [0.15, 0.2) is 24.6 Å². The van der Waals surface area contributed by atoms with Crippen LogP contribution in [0.15, 0.2) is 206 Å². The summed E-state index contributed by atoms with van der Waals surface area (Å²) >= 11 is 0. The molecule has 0 spiro atoms. The molecule has 0 saturated heterocycles. The first-order valence-electron chi connectivity index (χ1n) is 18.0. The molecule has 9 aromatic rings. The molecule has 0 fully saturated rings. The smallest absolute Gasteiger partial charge is 0.171 e. The van der Waals surface area contributed by atoms with Gasteiger partial charge in [0.05, 0.1) is 0 Å². The first-order chi connectivity index (χ1) is 26.6. The largest absolute Gasteiger partial charge is 0.309 e. The van der Waals surface area contributed by atoms with E-state index in [2.05, 4.69) is 72.8 Å². The van der Waals surface area contributed by atoms with Crippen molar-refractivity contribution in [3.8, 4) is 56.4 Å². The van der Waals surface area contributed by atoms with E-state index < -0.39 is 7.14 Å². The highest BCUT2D eigenvalue weighted by molar-refractivity contribution is 7.85. The van der Waals surface area contributed by atoms with Gasteiger partial charge in [0.1, 0.15) is 0 Å². The van der Waals surface area contributed by atoms with Crippen molar-refractivity contribution in [1.29, 1.82) is 0 Å². The maximum Gasteiger partial charge on any atom is 0.171 e. The quantitative estimate of drug-likeness (QED) is 0.147. The Morgan fingerprint density at radius 1 is 0.315 bits per heavy atom. The molecule has 0 amide bonds. The molecule has 1 heterocycles. The maximum absolute atomic E-state index is 14.9. The van der Waals surface area contributed by atoms with Crippen LogP contribution in [-0.4, -0.2) is 15.0 Å². The van der Waals surface area contributed by atoms with Crippen LogP contribution < -0.4 is 15.9 Å². The van der Waals surface area contributed by atoms with Crippen LogP contribution in [0, 0.1) is 0 Å². The lowest BCUT2D eigenvalue weighted by Gasteiger charge is -2.20. The molecule has 0 saturated carbocycles. The summed E-state index contributed by atoms with van der Waals surface area (Å²) in [7, 11) is -3.04. The number of fused-ring (bicyclic) bond motifs is 1. The average Bonchev–Trinajstić information content (AvgIpc) is 3.27. The van der Waals surface area contributed by atoms with Crippen LogP contribution in [0.25, 0.3) is 67.2 Å². The van der Waals surface area contributed by atoms with Gasteiger partial charge in [0, 0.05) is 32.6 Å². The fourth-order valence-corrected chi connectivity index (χ4v) is 9.69. The summed E-state index contributed by atoms with van der Waals surface area (Å²) in [5, 5.41) is 4.79. The Labute approximate surface area is 314 Å². The van der Waals surface area contributed by atoms with E-state index in [4.69, 9.17) is 15.0 Å². The van der Waals surface area contributed by atoms with Crippen LogP contribution in [-0.2, 0) is 4.57 Å². The lowest BCUT2D eigenvalue weighted by atomic mass is 9.95. The minimum atomic E-state index is -3.04. The summed E-state index contributed by atoms with van der Waals surface area (Å²) in [5.41, 5.74) is 7.25. The van der Waals surface area contributed by atoms with E-state index in [1.54, 1.807) is 0 Å². The van der Waals surface area contributed by atoms with E-state index in [9.17, 15) is 4.57 Å². The predicted octanol–water partition coefficient (Wildman–Crippen LogP) is 11.0. The topological polar surface area (TPSA) is 55.7 Å². The molecule has 0 unspecified atom stereocenters. The molecule has 0 N–H and O–H groups in total. The van der Waals surface area contributed by atoms with E-state index in [0.717, 1.165) is 65.6 Å². The van der Waals surface area contributed by atoms with Crippen LogP contribution in [0.4, 0.5) is 0 Å². The van der Waals surface area contributed by atoms with Crippen molar-refractivity contribution in [3.05, 3.63) is 206 Å². The first kappa shape index (κ1) is 33.1. The molecule has 0 aliphatic heterocycles. The van der Waals surface area contributed by atoms with Crippen LogP contribution in [0.3, 0.4) is 0 Å². The van der Waals surface area contributed by atoms with Gasteiger partial charge in [-0.05, 0) is 39.1 Å². The van der Waals surface area contributed by atoms with E-state index in [1.807, 2.05) is 133 Å². The molecule has 0 radical (unpaired) electrons. The second kappa shape index (κ2) is 14.4. The standard InChI is InChI=1S/C49H34N3OP/c53-54(42-19-9-3-10-20-42,43-21-11-4-12-22-43)44-31-28-36(29-32-44)45-23-13-18-41-34-40(30-33-46(41)45)35-24-26-39(27-25-35)49-51-47(37-14-5-1-6-15-37)50-48(52-49)38-16-7-2-8-17-38/h1-34H. The fourth-order valence-electron chi connectivity index (χ4n) is 7.04. The average molecular weight is 712 g/mol. The third-order valence-corrected chi connectivity index (χ3v) is 12.9. The van der Waals surface area contributed by atoms with Crippen molar-refractivity contribution in [2.75, 3.05) is 0 Å². The monoisotopic (exact) mass is 711 g/mol. The molecule has 4 nitrogen and oxygen atoms in total. The van der Waals surface area contributed by atoms with Gasteiger partial charge in [-0.15, -0.1) is 0 Å². The van der Waals surface area contributed by atoms with Gasteiger partial charge in [-0.2, -0.15) is 0 Å². The van der Waals surface area contributed by atoms with Crippen molar-refractivity contribution in [2.45, 2.75) is 0 Å². The zero-order chi connectivity index (χ0) is 36.3.